The average Bonchev–Trinajstić information content (AvgIpc) is 3.36. The molecule has 0 saturated heterocycles. The number of benzene rings is 3. The molecule has 1 fully saturated rings. The van der Waals surface area contributed by atoms with Gasteiger partial charge in [0.2, 0.25) is 6.10 Å². The first-order valence-corrected chi connectivity index (χ1v) is 12.2. The highest BCUT2D eigenvalue weighted by atomic mass is 79.9. The van der Waals surface area contributed by atoms with Gasteiger partial charge in [-0.1, -0.05) is 66.9 Å². The molecule has 0 spiro atoms. The molecule has 0 heterocycles. The third kappa shape index (κ3) is 5.39. The molecule has 1 N–H and O–H groups in total. The van der Waals surface area contributed by atoms with Crippen LogP contribution in [0.5, 0.6) is 0 Å². The highest BCUT2D eigenvalue weighted by Gasteiger charge is 2.45. The first-order chi connectivity index (χ1) is 16.8. The summed E-state index contributed by atoms with van der Waals surface area (Å²) in [5, 5.41) is 14.3. The Bertz CT molecular complexity index is 1240. The van der Waals surface area contributed by atoms with Crippen LogP contribution >= 0.6 is 27.5 Å². The van der Waals surface area contributed by atoms with Gasteiger partial charge in [0, 0.05) is 27.2 Å². The second-order valence-corrected chi connectivity index (χ2v) is 9.69. The molecular formula is C26H22BrClN2O5. The number of nitrogens with one attached hydrogen (secondary N) is 1. The van der Waals surface area contributed by atoms with Crippen LogP contribution in [0.2, 0.25) is 5.02 Å². The fraction of sp³-hybridized carbons (Fsp3) is 0.231. The minimum absolute atomic E-state index is 0.118. The highest BCUT2D eigenvalue weighted by molar-refractivity contribution is 9.10. The van der Waals surface area contributed by atoms with Crippen LogP contribution in [-0.2, 0) is 19.7 Å². The summed E-state index contributed by atoms with van der Waals surface area (Å²) in [5.41, 5.74) is 0.680. The van der Waals surface area contributed by atoms with Crippen LogP contribution in [0.25, 0.3) is 0 Å². The van der Waals surface area contributed by atoms with Crippen LogP contribution in [0.1, 0.15) is 42.9 Å². The third-order valence-electron chi connectivity index (χ3n) is 6.23. The van der Waals surface area contributed by atoms with E-state index in [-0.39, 0.29) is 5.69 Å². The Balaban J connectivity index is 1.63. The SMILES string of the molecule is O=C(Nc1ccc([N+](=O)[O-])cc1Br)C(OC(=O)C1(c2ccc(Cl)cc2)CCCC1)c1ccccc1. The van der Waals surface area contributed by atoms with Gasteiger partial charge in [0.1, 0.15) is 0 Å². The summed E-state index contributed by atoms with van der Waals surface area (Å²) >= 11 is 9.32. The predicted molar refractivity (Wildman–Crippen MR) is 136 cm³/mol. The summed E-state index contributed by atoms with van der Waals surface area (Å²) in [4.78, 5) is 37.5. The molecule has 1 aliphatic rings. The molecule has 0 aliphatic heterocycles. The molecule has 1 atom stereocenters. The average molecular weight is 558 g/mol. The Morgan fingerprint density at radius 3 is 2.29 bits per heavy atom. The molecule has 0 bridgehead atoms. The van der Waals surface area contributed by atoms with Gasteiger partial charge in [0.25, 0.3) is 11.6 Å². The molecule has 0 aromatic heterocycles. The zero-order valence-electron chi connectivity index (χ0n) is 18.6. The Labute approximate surface area is 215 Å². The zero-order valence-corrected chi connectivity index (χ0v) is 20.9. The second-order valence-electron chi connectivity index (χ2n) is 8.40. The van der Waals surface area contributed by atoms with Crippen LogP contribution in [0, 0.1) is 10.1 Å². The number of anilines is 1. The monoisotopic (exact) mass is 556 g/mol. The van der Waals surface area contributed by atoms with Crippen LogP contribution in [0.15, 0.2) is 77.3 Å². The smallest absolute Gasteiger partial charge is 0.317 e. The molecule has 3 aromatic rings. The largest absolute Gasteiger partial charge is 0.447 e. The predicted octanol–water partition coefficient (Wildman–Crippen LogP) is 6.75. The number of nitrogens with zero attached hydrogens (tertiary/aromatic N) is 1. The number of carbonyl (C=O) groups is 2. The van der Waals surface area contributed by atoms with Crippen molar-refractivity contribution in [1.82, 2.24) is 0 Å². The van der Waals surface area contributed by atoms with Crippen LogP contribution in [0.4, 0.5) is 11.4 Å². The quantitative estimate of drug-likeness (QED) is 0.197. The van der Waals surface area contributed by atoms with E-state index in [0.717, 1.165) is 18.4 Å². The first-order valence-electron chi connectivity index (χ1n) is 11.1. The fourth-order valence-electron chi connectivity index (χ4n) is 4.40. The Kier molecular flexibility index (Phi) is 7.52. The lowest BCUT2D eigenvalue weighted by molar-refractivity contribution is -0.384. The number of amides is 1. The molecule has 1 unspecified atom stereocenters. The van der Waals surface area contributed by atoms with Gasteiger partial charge in [-0.2, -0.15) is 0 Å². The number of halogens is 2. The van der Waals surface area contributed by atoms with Crippen LogP contribution in [0.3, 0.4) is 0 Å². The van der Waals surface area contributed by atoms with Gasteiger partial charge in [0.15, 0.2) is 0 Å². The van der Waals surface area contributed by atoms with Gasteiger partial charge < -0.3 is 10.1 Å². The van der Waals surface area contributed by atoms with E-state index in [1.165, 1.54) is 18.2 Å². The van der Waals surface area contributed by atoms with Gasteiger partial charge in [-0.3, -0.25) is 19.7 Å². The number of non-ortho nitro benzene ring substituents is 1. The molecule has 9 heteroatoms. The molecule has 4 rings (SSSR count). The van der Waals surface area contributed by atoms with Gasteiger partial charge in [0.05, 0.1) is 16.0 Å². The van der Waals surface area contributed by atoms with Crippen molar-refractivity contribution in [2.45, 2.75) is 37.2 Å². The van der Waals surface area contributed by atoms with E-state index < -0.39 is 28.3 Å². The number of carbonyl (C=O) groups excluding carboxylic acids is 2. The number of hydrogen-bond donors (Lipinski definition) is 1. The van der Waals surface area contributed by atoms with Crippen molar-refractivity contribution in [3.8, 4) is 0 Å². The Morgan fingerprint density at radius 2 is 1.69 bits per heavy atom. The third-order valence-corrected chi connectivity index (χ3v) is 7.14. The van der Waals surface area contributed by atoms with E-state index in [1.54, 1.807) is 42.5 Å². The highest BCUT2D eigenvalue weighted by Crippen LogP contribution is 2.43. The van der Waals surface area contributed by atoms with E-state index >= 15 is 0 Å². The summed E-state index contributed by atoms with van der Waals surface area (Å²) in [6.07, 6.45) is 1.76. The van der Waals surface area contributed by atoms with Crippen LogP contribution < -0.4 is 5.32 Å². The summed E-state index contributed by atoms with van der Waals surface area (Å²) < 4.78 is 6.28. The van der Waals surface area contributed by atoms with Crippen molar-refractivity contribution in [3.05, 3.63) is 104 Å². The maximum atomic E-state index is 13.7. The number of rotatable bonds is 7. The minimum Gasteiger partial charge on any atom is -0.447 e. The van der Waals surface area contributed by atoms with Crippen molar-refractivity contribution in [3.63, 3.8) is 0 Å². The maximum absolute atomic E-state index is 13.7. The minimum atomic E-state index is -1.21. The lowest BCUT2D eigenvalue weighted by Crippen LogP contribution is -2.38. The Hall–Kier alpha value is -3.23. The number of hydrogen-bond acceptors (Lipinski definition) is 5. The molecule has 1 amide bonds. The number of nitro benzene ring substituents is 1. The van der Waals surface area contributed by atoms with E-state index in [4.69, 9.17) is 16.3 Å². The fourth-order valence-corrected chi connectivity index (χ4v) is 4.99. The van der Waals surface area contributed by atoms with E-state index in [2.05, 4.69) is 21.2 Å². The molecule has 1 saturated carbocycles. The van der Waals surface area contributed by atoms with Gasteiger partial charge in [-0.25, -0.2) is 0 Å². The van der Waals surface area contributed by atoms with Crippen LogP contribution in [-0.4, -0.2) is 16.8 Å². The number of nitro groups is 1. The molecule has 7 nitrogen and oxygen atoms in total. The molecule has 1 aliphatic carbocycles. The van der Waals surface area contributed by atoms with Gasteiger partial charge >= 0.3 is 5.97 Å². The lowest BCUT2D eigenvalue weighted by Gasteiger charge is -2.30. The topological polar surface area (TPSA) is 98.5 Å². The standard InChI is InChI=1S/C26H22BrClN2O5/c27-21-16-20(30(33)34)12-13-22(21)29-24(31)23(17-6-2-1-3-7-17)35-25(32)26(14-4-5-15-26)18-8-10-19(28)11-9-18/h1-3,6-13,16,23H,4-5,14-15H2,(H,29,31). The Morgan fingerprint density at radius 1 is 1.03 bits per heavy atom. The van der Waals surface area contributed by atoms with E-state index in [9.17, 15) is 19.7 Å². The van der Waals surface area contributed by atoms with Crippen molar-refractivity contribution >= 4 is 50.8 Å². The maximum Gasteiger partial charge on any atom is 0.317 e. The molecule has 35 heavy (non-hydrogen) atoms. The lowest BCUT2D eigenvalue weighted by atomic mass is 9.79. The second kappa shape index (κ2) is 10.6. The van der Waals surface area contributed by atoms with E-state index in [0.29, 0.717) is 33.6 Å². The summed E-state index contributed by atoms with van der Waals surface area (Å²) in [7, 11) is 0. The number of esters is 1. The summed E-state index contributed by atoms with van der Waals surface area (Å²) in [6, 6.07) is 19.9. The van der Waals surface area contributed by atoms with Crippen molar-refractivity contribution in [2.24, 2.45) is 0 Å². The van der Waals surface area contributed by atoms with Crippen molar-refractivity contribution in [2.75, 3.05) is 5.32 Å². The normalized spacial score (nSPS) is 15.3. The van der Waals surface area contributed by atoms with Crippen molar-refractivity contribution < 1.29 is 19.2 Å². The molecule has 0 radical (unpaired) electrons. The summed E-state index contributed by atoms with van der Waals surface area (Å²) in [5.74, 6) is -1.03. The van der Waals surface area contributed by atoms with Crippen molar-refractivity contribution in [1.29, 1.82) is 0 Å². The molecule has 3 aromatic carbocycles. The zero-order chi connectivity index (χ0) is 25.0. The number of ether oxygens (including phenoxy) is 1. The first kappa shape index (κ1) is 24.9. The summed E-state index contributed by atoms with van der Waals surface area (Å²) in [6.45, 7) is 0. The van der Waals surface area contributed by atoms with Gasteiger partial charge in [-0.15, -0.1) is 0 Å². The molecular weight excluding hydrogens is 536 g/mol. The van der Waals surface area contributed by atoms with Gasteiger partial charge in [-0.05, 0) is 52.5 Å². The molecule has 180 valence electrons. The van der Waals surface area contributed by atoms with E-state index in [1.807, 2.05) is 12.1 Å².